The second-order valence-corrected chi connectivity index (χ2v) is 6.11. The maximum absolute atomic E-state index is 6.04. The molecule has 1 heterocycles. The summed E-state index contributed by atoms with van der Waals surface area (Å²) in [5, 5.41) is 3.13. The maximum atomic E-state index is 6.04. The molecule has 22 heavy (non-hydrogen) atoms. The van der Waals surface area contributed by atoms with Gasteiger partial charge in [0.25, 0.3) is 0 Å². The van der Waals surface area contributed by atoms with Gasteiger partial charge in [0.05, 0.1) is 19.3 Å². The van der Waals surface area contributed by atoms with Crippen LogP contribution in [0.15, 0.2) is 29.3 Å². The maximum Gasteiger partial charge on any atom is 0.193 e. The molecule has 1 aromatic carbocycles. The minimum absolute atomic E-state index is 0.439. The van der Waals surface area contributed by atoms with Gasteiger partial charge in [-0.25, -0.2) is 0 Å². The number of methoxy groups -OCH3 is 1. The monoisotopic (exact) mass is 304 g/mol. The number of rotatable bonds is 6. The minimum Gasteiger partial charge on any atom is -0.495 e. The average Bonchev–Trinajstić information content (AvgIpc) is 3.01. The van der Waals surface area contributed by atoms with Gasteiger partial charge in [-0.1, -0.05) is 26.0 Å². The lowest BCUT2D eigenvalue weighted by atomic mass is 10.0. The zero-order valence-electron chi connectivity index (χ0n) is 13.9. The number of anilines is 1. The molecule has 1 aliphatic heterocycles. The molecule has 0 saturated carbocycles. The lowest BCUT2D eigenvalue weighted by molar-refractivity contribution is 0.198. The molecule has 0 bridgehead atoms. The normalized spacial score (nSPS) is 17.7. The zero-order chi connectivity index (χ0) is 15.9. The molecule has 1 saturated heterocycles. The fourth-order valence-electron chi connectivity index (χ4n) is 2.94. The molecule has 122 valence electrons. The quantitative estimate of drug-likeness (QED) is 0.626. The van der Waals surface area contributed by atoms with E-state index in [2.05, 4.69) is 29.1 Å². The van der Waals surface area contributed by atoms with E-state index in [4.69, 9.17) is 10.5 Å². The third-order valence-electron chi connectivity index (χ3n) is 4.20. The van der Waals surface area contributed by atoms with Crippen LogP contribution >= 0.6 is 0 Å². The summed E-state index contributed by atoms with van der Waals surface area (Å²) in [6.45, 7) is 7.59. The number of hydrogen-bond donors (Lipinski definition) is 2. The first-order chi connectivity index (χ1) is 10.6. The Bertz CT molecular complexity index is 495. The highest BCUT2D eigenvalue weighted by Gasteiger charge is 2.24. The van der Waals surface area contributed by atoms with Crippen molar-refractivity contribution in [3.8, 4) is 5.75 Å². The van der Waals surface area contributed by atoms with Crippen LogP contribution in [0.2, 0.25) is 0 Å². The molecule has 1 aliphatic rings. The smallest absolute Gasteiger partial charge is 0.193 e. The molecule has 1 unspecified atom stereocenters. The van der Waals surface area contributed by atoms with Crippen LogP contribution in [0.5, 0.6) is 5.75 Å². The van der Waals surface area contributed by atoms with Crippen molar-refractivity contribution in [1.29, 1.82) is 0 Å². The van der Waals surface area contributed by atoms with Crippen LogP contribution < -0.4 is 15.8 Å². The van der Waals surface area contributed by atoms with Gasteiger partial charge in [-0.3, -0.25) is 9.89 Å². The number of nitrogens with zero attached hydrogens (tertiary/aromatic N) is 2. The first-order valence-electron chi connectivity index (χ1n) is 8.06. The van der Waals surface area contributed by atoms with E-state index in [0.717, 1.165) is 18.0 Å². The number of nitrogens with two attached hydrogens (primary N) is 1. The molecule has 1 aromatic rings. The number of benzene rings is 1. The molecule has 0 spiro atoms. The highest BCUT2D eigenvalue weighted by Crippen LogP contribution is 2.23. The number of guanidine groups is 1. The molecule has 1 fully saturated rings. The molecule has 2 rings (SSSR count). The Morgan fingerprint density at radius 1 is 1.32 bits per heavy atom. The van der Waals surface area contributed by atoms with E-state index in [-0.39, 0.29) is 0 Å². The average molecular weight is 304 g/mol. The van der Waals surface area contributed by atoms with Crippen molar-refractivity contribution in [3.63, 3.8) is 0 Å². The molecule has 0 radical (unpaired) electrons. The van der Waals surface area contributed by atoms with E-state index in [1.54, 1.807) is 7.11 Å². The van der Waals surface area contributed by atoms with Gasteiger partial charge in [-0.2, -0.15) is 0 Å². The van der Waals surface area contributed by atoms with E-state index in [0.29, 0.717) is 17.9 Å². The van der Waals surface area contributed by atoms with Crippen LogP contribution in [0.1, 0.15) is 26.7 Å². The van der Waals surface area contributed by atoms with Crippen molar-refractivity contribution in [3.05, 3.63) is 24.3 Å². The van der Waals surface area contributed by atoms with Crippen molar-refractivity contribution >= 4 is 11.6 Å². The van der Waals surface area contributed by atoms with Crippen LogP contribution in [0.25, 0.3) is 0 Å². The Labute approximate surface area is 133 Å². The fraction of sp³-hybridized carbons (Fsp3) is 0.588. The third kappa shape index (κ3) is 4.37. The molecule has 5 heteroatoms. The molecule has 0 aromatic heterocycles. The van der Waals surface area contributed by atoms with Crippen molar-refractivity contribution in [2.24, 2.45) is 16.6 Å². The summed E-state index contributed by atoms with van der Waals surface area (Å²) < 4.78 is 5.31. The Kier molecular flexibility index (Phi) is 6.07. The molecular weight excluding hydrogens is 276 g/mol. The summed E-state index contributed by atoms with van der Waals surface area (Å²) in [6.07, 6.45) is 2.59. The number of nitrogens with one attached hydrogen (secondary N) is 1. The SMILES string of the molecule is COc1ccccc1NC(N)=NCC(C(C)C)N1CCCC1. The second kappa shape index (κ2) is 8.03. The van der Waals surface area contributed by atoms with Gasteiger partial charge in [0.15, 0.2) is 5.96 Å². The summed E-state index contributed by atoms with van der Waals surface area (Å²) in [7, 11) is 1.65. The Hall–Kier alpha value is -1.75. The van der Waals surface area contributed by atoms with Crippen LogP contribution in [0, 0.1) is 5.92 Å². The van der Waals surface area contributed by atoms with Gasteiger partial charge in [-0.15, -0.1) is 0 Å². The van der Waals surface area contributed by atoms with Crippen molar-refractivity contribution < 1.29 is 4.74 Å². The topological polar surface area (TPSA) is 62.9 Å². The van der Waals surface area contributed by atoms with Gasteiger partial charge in [0.1, 0.15) is 5.75 Å². The summed E-state index contributed by atoms with van der Waals surface area (Å²) >= 11 is 0. The van der Waals surface area contributed by atoms with Gasteiger partial charge >= 0.3 is 0 Å². The van der Waals surface area contributed by atoms with E-state index in [1.807, 2.05) is 24.3 Å². The second-order valence-electron chi connectivity index (χ2n) is 6.11. The van der Waals surface area contributed by atoms with Crippen LogP contribution in [-0.2, 0) is 0 Å². The molecule has 1 atom stereocenters. The molecule has 3 N–H and O–H groups in total. The summed E-state index contributed by atoms with van der Waals surface area (Å²) in [5.74, 6) is 1.77. The standard InChI is InChI=1S/C17H28N4O/c1-13(2)15(21-10-6-7-11-21)12-19-17(18)20-14-8-4-5-9-16(14)22-3/h4-5,8-9,13,15H,6-7,10-12H2,1-3H3,(H3,18,19,20). The number of para-hydroxylation sites is 2. The first-order valence-corrected chi connectivity index (χ1v) is 8.06. The van der Waals surface area contributed by atoms with Crippen molar-refractivity contribution in [2.45, 2.75) is 32.7 Å². The van der Waals surface area contributed by atoms with Gasteiger partial charge in [-0.05, 0) is 44.0 Å². The van der Waals surface area contributed by atoms with Crippen molar-refractivity contribution in [2.75, 3.05) is 32.1 Å². The highest BCUT2D eigenvalue weighted by atomic mass is 16.5. The number of likely N-dealkylation sites (tertiary alicyclic amines) is 1. The van der Waals surface area contributed by atoms with E-state index >= 15 is 0 Å². The van der Waals surface area contributed by atoms with E-state index in [9.17, 15) is 0 Å². The lowest BCUT2D eigenvalue weighted by Crippen LogP contribution is -2.40. The number of ether oxygens (including phenoxy) is 1. The lowest BCUT2D eigenvalue weighted by Gasteiger charge is -2.29. The largest absolute Gasteiger partial charge is 0.495 e. The van der Waals surface area contributed by atoms with Crippen LogP contribution in [0.4, 0.5) is 5.69 Å². The molecular formula is C17H28N4O. The van der Waals surface area contributed by atoms with E-state index in [1.165, 1.54) is 25.9 Å². The predicted molar refractivity (Wildman–Crippen MR) is 92.5 cm³/mol. The Morgan fingerprint density at radius 3 is 2.64 bits per heavy atom. The Balaban J connectivity index is 1.98. The number of aliphatic imine (C=N–C) groups is 1. The predicted octanol–water partition coefficient (Wildman–Crippen LogP) is 2.54. The summed E-state index contributed by atoms with van der Waals surface area (Å²) in [5.41, 5.74) is 6.88. The molecule has 5 nitrogen and oxygen atoms in total. The summed E-state index contributed by atoms with van der Waals surface area (Å²) in [4.78, 5) is 7.08. The highest BCUT2D eigenvalue weighted by molar-refractivity contribution is 5.93. The zero-order valence-corrected chi connectivity index (χ0v) is 13.9. The number of hydrogen-bond acceptors (Lipinski definition) is 3. The van der Waals surface area contributed by atoms with Gasteiger partial charge in [0, 0.05) is 6.04 Å². The molecule has 0 amide bonds. The van der Waals surface area contributed by atoms with Gasteiger partial charge in [0.2, 0.25) is 0 Å². The van der Waals surface area contributed by atoms with Crippen molar-refractivity contribution in [1.82, 2.24) is 4.90 Å². The van der Waals surface area contributed by atoms with Crippen LogP contribution in [0.3, 0.4) is 0 Å². The summed E-state index contributed by atoms with van der Waals surface area (Å²) in [6, 6.07) is 8.16. The molecule has 0 aliphatic carbocycles. The van der Waals surface area contributed by atoms with Crippen LogP contribution in [-0.4, -0.2) is 43.6 Å². The minimum atomic E-state index is 0.439. The van der Waals surface area contributed by atoms with Gasteiger partial charge < -0.3 is 15.8 Å². The Morgan fingerprint density at radius 2 is 2.00 bits per heavy atom. The fourth-order valence-corrected chi connectivity index (χ4v) is 2.94. The third-order valence-corrected chi connectivity index (χ3v) is 4.20. The first kappa shape index (κ1) is 16.6. The van der Waals surface area contributed by atoms with E-state index < -0.39 is 0 Å².